The van der Waals surface area contributed by atoms with Gasteiger partial charge in [0.15, 0.2) is 0 Å². The Kier molecular flexibility index (Phi) is 7.20. The van der Waals surface area contributed by atoms with Crippen molar-refractivity contribution in [3.63, 3.8) is 0 Å². The summed E-state index contributed by atoms with van der Waals surface area (Å²) in [5, 5.41) is 11.6. The highest BCUT2D eigenvalue weighted by atomic mass is 79.9. The fourth-order valence-electron chi connectivity index (χ4n) is 2.71. The number of ketones is 1. The zero-order chi connectivity index (χ0) is 22.8. The number of ether oxygens (including phenoxy) is 1. The molecule has 2 aromatic rings. The summed E-state index contributed by atoms with van der Waals surface area (Å²) in [5.41, 5.74) is 4.61. The molecule has 0 atom stereocenters. The second kappa shape index (κ2) is 9.09. The van der Waals surface area contributed by atoms with Crippen LogP contribution in [-0.2, 0) is 16.0 Å². The maximum Gasteiger partial charge on any atom is 0.306 e. The molecule has 0 unspecified atom stereocenters. The molecular formula is C20H19BrClFN2O5. The molecule has 0 aliphatic heterocycles. The molecule has 0 aliphatic carbocycles. The number of hydrogen-bond donors (Lipinski definition) is 1. The second-order valence-electron chi connectivity index (χ2n) is 7.45. The standard InChI is InChI=1S/C20H19BrClFN2O5/c1-20(2,3)30-15(26)7-4-10-8-14(25(28)29)16(17(21)18(10)24)19(27)12-9-11(23)5-6-13(12)22/h5-6,8-9H,4,7,24H2,1-3H3. The Morgan fingerprint density at radius 3 is 2.50 bits per heavy atom. The van der Waals surface area contributed by atoms with Gasteiger partial charge in [0.25, 0.3) is 5.69 Å². The van der Waals surface area contributed by atoms with Gasteiger partial charge >= 0.3 is 5.97 Å². The summed E-state index contributed by atoms with van der Waals surface area (Å²) in [6, 6.07) is 4.28. The molecule has 2 N–H and O–H groups in total. The molecule has 30 heavy (non-hydrogen) atoms. The second-order valence-corrected chi connectivity index (χ2v) is 8.65. The molecule has 0 radical (unpaired) electrons. The van der Waals surface area contributed by atoms with Crippen molar-refractivity contribution < 1.29 is 23.6 Å². The predicted molar refractivity (Wildman–Crippen MR) is 114 cm³/mol. The Bertz CT molecular complexity index is 1040. The minimum absolute atomic E-state index is 0.0267. The lowest BCUT2D eigenvalue weighted by molar-refractivity contribution is -0.385. The number of carbonyl (C=O) groups excluding carboxylic acids is 2. The Morgan fingerprint density at radius 1 is 1.30 bits per heavy atom. The summed E-state index contributed by atoms with van der Waals surface area (Å²) in [6.45, 7) is 5.16. The van der Waals surface area contributed by atoms with Gasteiger partial charge in [0.05, 0.1) is 20.1 Å². The first kappa shape index (κ1) is 23.8. The van der Waals surface area contributed by atoms with Gasteiger partial charge in [-0.3, -0.25) is 19.7 Å². The number of hydrogen-bond acceptors (Lipinski definition) is 6. The van der Waals surface area contributed by atoms with Crippen molar-refractivity contribution in [3.05, 3.63) is 66.4 Å². The van der Waals surface area contributed by atoms with Crippen LogP contribution in [0.1, 0.15) is 48.7 Å². The Labute approximate surface area is 185 Å². The Morgan fingerprint density at radius 2 is 1.93 bits per heavy atom. The summed E-state index contributed by atoms with van der Waals surface area (Å²) in [5.74, 6) is -2.07. The molecule has 0 saturated heterocycles. The quantitative estimate of drug-likeness (QED) is 0.190. The lowest BCUT2D eigenvalue weighted by Crippen LogP contribution is -2.24. The monoisotopic (exact) mass is 500 g/mol. The van der Waals surface area contributed by atoms with E-state index >= 15 is 0 Å². The molecule has 0 saturated carbocycles. The molecule has 0 bridgehead atoms. The Hall–Kier alpha value is -2.52. The van der Waals surface area contributed by atoms with Crippen LogP contribution in [0.3, 0.4) is 0 Å². The number of aryl methyl sites for hydroxylation is 1. The van der Waals surface area contributed by atoms with Gasteiger partial charge in [0.2, 0.25) is 5.78 Å². The first-order chi connectivity index (χ1) is 13.8. The number of nitro groups is 1. The van der Waals surface area contributed by atoms with E-state index in [0.29, 0.717) is 5.56 Å². The van der Waals surface area contributed by atoms with Crippen LogP contribution in [0.2, 0.25) is 5.02 Å². The molecule has 0 spiro atoms. The molecule has 10 heteroatoms. The average Bonchev–Trinajstić information content (AvgIpc) is 2.62. The SMILES string of the molecule is CC(C)(C)OC(=O)CCc1cc([N+](=O)[O-])c(C(=O)c2cc(F)ccc2Cl)c(Br)c1N. The van der Waals surface area contributed by atoms with Gasteiger partial charge in [-0.15, -0.1) is 0 Å². The lowest BCUT2D eigenvalue weighted by atomic mass is 9.97. The number of nitrogens with two attached hydrogens (primary N) is 1. The molecule has 0 fully saturated rings. The smallest absolute Gasteiger partial charge is 0.306 e. The van der Waals surface area contributed by atoms with Crippen LogP contribution in [0.5, 0.6) is 0 Å². The number of esters is 1. The summed E-state index contributed by atoms with van der Waals surface area (Å²) in [4.78, 5) is 35.8. The summed E-state index contributed by atoms with van der Waals surface area (Å²) in [7, 11) is 0. The summed E-state index contributed by atoms with van der Waals surface area (Å²) < 4.78 is 18.8. The third kappa shape index (κ3) is 5.54. The molecule has 0 aliphatic rings. The van der Waals surface area contributed by atoms with Crippen molar-refractivity contribution in [1.29, 1.82) is 0 Å². The van der Waals surface area contributed by atoms with E-state index in [0.717, 1.165) is 18.2 Å². The molecule has 0 aromatic heterocycles. The molecule has 2 rings (SSSR count). The lowest BCUT2D eigenvalue weighted by Gasteiger charge is -2.19. The number of halogens is 3. The van der Waals surface area contributed by atoms with Crippen LogP contribution in [-0.4, -0.2) is 22.3 Å². The third-order valence-corrected chi connectivity index (χ3v) is 5.14. The van der Waals surface area contributed by atoms with Crippen molar-refractivity contribution >= 4 is 50.7 Å². The normalized spacial score (nSPS) is 11.3. The number of benzene rings is 2. The fourth-order valence-corrected chi connectivity index (χ4v) is 3.55. The fraction of sp³-hybridized carbons (Fsp3) is 0.300. The van der Waals surface area contributed by atoms with E-state index < -0.39 is 33.8 Å². The van der Waals surface area contributed by atoms with Gasteiger partial charge in [-0.25, -0.2) is 4.39 Å². The summed E-state index contributed by atoms with van der Waals surface area (Å²) >= 11 is 9.12. The molecule has 0 amide bonds. The number of nitro benzene ring substituents is 1. The topological polar surface area (TPSA) is 113 Å². The van der Waals surface area contributed by atoms with Crippen molar-refractivity contribution in [2.45, 2.75) is 39.2 Å². The number of nitrogens with zero attached hydrogens (tertiary/aromatic N) is 1. The van der Waals surface area contributed by atoms with E-state index in [1.807, 2.05) is 0 Å². The number of carbonyl (C=O) groups is 2. The molecule has 2 aromatic carbocycles. The van der Waals surface area contributed by atoms with Gasteiger partial charge in [-0.05, 0) is 66.9 Å². The zero-order valence-corrected chi connectivity index (χ0v) is 18.8. The summed E-state index contributed by atoms with van der Waals surface area (Å²) in [6.07, 6.45) is 0.00343. The first-order valence-electron chi connectivity index (χ1n) is 8.78. The number of anilines is 1. The van der Waals surface area contributed by atoms with Gasteiger partial charge in [0.1, 0.15) is 17.0 Å². The van der Waals surface area contributed by atoms with E-state index in [-0.39, 0.29) is 39.2 Å². The van der Waals surface area contributed by atoms with Gasteiger partial charge in [-0.1, -0.05) is 11.6 Å². The van der Waals surface area contributed by atoms with Crippen LogP contribution >= 0.6 is 27.5 Å². The maximum atomic E-state index is 13.6. The largest absolute Gasteiger partial charge is 0.460 e. The number of rotatable bonds is 6. The zero-order valence-electron chi connectivity index (χ0n) is 16.4. The third-order valence-electron chi connectivity index (χ3n) is 3.98. The van der Waals surface area contributed by atoms with E-state index in [4.69, 9.17) is 22.1 Å². The minimum Gasteiger partial charge on any atom is -0.460 e. The highest BCUT2D eigenvalue weighted by molar-refractivity contribution is 9.10. The number of nitrogen functional groups attached to an aromatic ring is 1. The van der Waals surface area contributed by atoms with Crippen LogP contribution < -0.4 is 5.73 Å². The average molecular weight is 502 g/mol. The molecule has 0 heterocycles. The predicted octanol–water partition coefficient (Wildman–Crippen LogP) is 5.24. The molecular weight excluding hydrogens is 483 g/mol. The highest BCUT2D eigenvalue weighted by Gasteiger charge is 2.30. The van der Waals surface area contributed by atoms with Crippen molar-refractivity contribution in [1.82, 2.24) is 0 Å². The van der Waals surface area contributed by atoms with Crippen LogP contribution in [0.15, 0.2) is 28.7 Å². The highest BCUT2D eigenvalue weighted by Crippen LogP contribution is 2.38. The minimum atomic E-state index is -0.858. The van der Waals surface area contributed by atoms with Crippen molar-refractivity contribution in [2.24, 2.45) is 0 Å². The van der Waals surface area contributed by atoms with E-state index in [2.05, 4.69) is 15.9 Å². The van der Waals surface area contributed by atoms with E-state index in [1.54, 1.807) is 20.8 Å². The Balaban J connectivity index is 2.48. The molecule has 7 nitrogen and oxygen atoms in total. The van der Waals surface area contributed by atoms with Gasteiger partial charge < -0.3 is 10.5 Å². The van der Waals surface area contributed by atoms with Crippen molar-refractivity contribution in [2.75, 3.05) is 5.73 Å². The van der Waals surface area contributed by atoms with Crippen LogP contribution in [0.4, 0.5) is 15.8 Å². The van der Waals surface area contributed by atoms with Crippen molar-refractivity contribution in [3.8, 4) is 0 Å². The maximum absolute atomic E-state index is 13.6. The van der Waals surface area contributed by atoms with Crippen LogP contribution in [0, 0.1) is 15.9 Å². The van der Waals surface area contributed by atoms with Gasteiger partial charge in [-0.2, -0.15) is 0 Å². The van der Waals surface area contributed by atoms with E-state index in [1.165, 1.54) is 6.07 Å². The molecule has 160 valence electrons. The van der Waals surface area contributed by atoms with E-state index in [9.17, 15) is 24.1 Å². The first-order valence-corrected chi connectivity index (χ1v) is 9.95. The van der Waals surface area contributed by atoms with Gasteiger partial charge in [0, 0.05) is 18.1 Å². The van der Waals surface area contributed by atoms with Crippen LogP contribution in [0.25, 0.3) is 0 Å².